The number of azo groups is 1. The maximum atomic E-state index is 7.07. The first kappa shape index (κ1) is 10.3. The van der Waals surface area contributed by atoms with Crippen molar-refractivity contribution in [2.75, 3.05) is 13.1 Å². The molecule has 0 heterocycles. The predicted octanol–water partition coefficient (Wildman–Crippen LogP) is 2.52. The van der Waals surface area contributed by atoms with Crippen LogP contribution in [0.3, 0.4) is 0 Å². The van der Waals surface area contributed by atoms with E-state index in [4.69, 9.17) is 5.41 Å². The molecule has 0 atom stereocenters. The lowest BCUT2D eigenvalue weighted by Crippen LogP contribution is -2.08. The summed E-state index contributed by atoms with van der Waals surface area (Å²) in [6, 6.07) is 0. The summed E-state index contributed by atoms with van der Waals surface area (Å²) in [5.74, 6) is 0. The van der Waals surface area contributed by atoms with Gasteiger partial charge in [0.05, 0.1) is 13.1 Å². The third kappa shape index (κ3) is 9.27. The summed E-state index contributed by atoms with van der Waals surface area (Å²) in [5, 5.41) is 14.9. The van der Waals surface area contributed by atoms with Gasteiger partial charge in [-0.25, -0.2) is 0 Å². The summed E-state index contributed by atoms with van der Waals surface area (Å²) in [5.41, 5.74) is 0.766. The van der Waals surface area contributed by atoms with Gasteiger partial charge in [0.2, 0.25) is 0 Å². The molecule has 0 aliphatic carbocycles. The average molecular weight is 155 g/mol. The largest absolute Gasteiger partial charge is 0.308 e. The first-order valence-electron chi connectivity index (χ1n) is 3.79. The Morgan fingerprint density at radius 2 is 1.82 bits per heavy atom. The van der Waals surface area contributed by atoms with Crippen molar-refractivity contribution in [3.8, 4) is 0 Å². The van der Waals surface area contributed by atoms with Crippen LogP contribution in [-0.2, 0) is 0 Å². The van der Waals surface area contributed by atoms with Gasteiger partial charge in [-0.1, -0.05) is 20.8 Å². The van der Waals surface area contributed by atoms with Gasteiger partial charge in [-0.05, 0) is 12.3 Å². The second kappa shape index (κ2) is 4.21. The molecule has 0 bridgehead atoms. The van der Waals surface area contributed by atoms with Gasteiger partial charge < -0.3 is 5.41 Å². The molecule has 0 amide bonds. The molecule has 0 rings (SSSR count). The molecule has 64 valence electrons. The van der Waals surface area contributed by atoms with E-state index in [1.165, 1.54) is 0 Å². The second-order valence-electron chi connectivity index (χ2n) is 3.94. The van der Waals surface area contributed by atoms with Crippen LogP contribution in [0.4, 0.5) is 0 Å². The van der Waals surface area contributed by atoms with Crippen LogP contribution < -0.4 is 0 Å². The van der Waals surface area contributed by atoms with Gasteiger partial charge in [0.15, 0.2) is 0 Å². The van der Waals surface area contributed by atoms with Crippen molar-refractivity contribution in [1.82, 2.24) is 0 Å². The normalized spacial score (nSPS) is 12.4. The van der Waals surface area contributed by atoms with E-state index in [1.54, 1.807) is 6.92 Å². The van der Waals surface area contributed by atoms with Crippen molar-refractivity contribution >= 4 is 5.71 Å². The highest BCUT2D eigenvalue weighted by atomic mass is 15.1. The zero-order valence-electron chi connectivity index (χ0n) is 7.81. The summed E-state index contributed by atoms with van der Waals surface area (Å²) in [6.07, 6.45) is 0. The zero-order valence-corrected chi connectivity index (χ0v) is 7.81. The van der Waals surface area contributed by atoms with Gasteiger partial charge in [0, 0.05) is 5.71 Å². The van der Waals surface area contributed by atoms with Crippen LogP contribution in [0.25, 0.3) is 0 Å². The Morgan fingerprint density at radius 3 is 2.18 bits per heavy atom. The lowest BCUT2D eigenvalue weighted by Gasteiger charge is -2.12. The van der Waals surface area contributed by atoms with E-state index in [0.717, 1.165) is 6.54 Å². The van der Waals surface area contributed by atoms with Gasteiger partial charge in [-0.2, -0.15) is 10.2 Å². The summed E-state index contributed by atoms with van der Waals surface area (Å²) in [7, 11) is 0. The monoisotopic (exact) mass is 155 g/mol. The van der Waals surface area contributed by atoms with E-state index in [9.17, 15) is 0 Å². The fourth-order valence-corrected chi connectivity index (χ4v) is 0.418. The van der Waals surface area contributed by atoms with Crippen LogP contribution in [0.15, 0.2) is 10.2 Å². The smallest absolute Gasteiger partial charge is 0.0971 e. The SMILES string of the molecule is CC(=N)CN=NCC(C)(C)C. The number of nitrogens with zero attached hydrogens (tertiary/aromatic N) is 2. The van der Waals surface area contributed by atoms with E-state index in [2.05, 4.69) is 31.0 Å². The minimum atomic E-state index is 0.208. The number of rotatable bonds is 3. The number of hydrogen-bond acceptors (Lipinski definition) is 3. The third-order valence-electron chi connectivity index (χ3n) is 0.953. The Bertz CT molecular complexity index is 153. The minimum absolute atomic E-state index is 0.208. The van der Waals surface area contributed by atoms with E-state index < -0.39 is 0 Å². The Balaban J connectivity index is 3.53. The molecule has 0 aromatic rings. The summed E-state index contributed by atoms with van der Waals surface area (Å²) in [4.78, 5) is 0. The first-order valence-corrected chi connectivity index (χ1v) is 3.79. The Kier molecular flexibility index (Phi) is 3.93. The fraction of sp³-hybridized carbons (Fsp3) is 0.875. The standard InChI is InChI=1S/C8H17N3/c1-7(9)5-10-11-6-8(2,3)4/h9H,5-6H2,1-4H3. The zero-order chi connectivity index (χ0) is 8.91. The highest BCUT2D eigenvalue weighted by Gasteiger charge is 2.07. The van der Waals surface area contributed by atoms with Gasteiger partial charge in [-0.15, -0.1) is 0 Å². The molecule has 0 unspecified atom stereocenters. The topological polar surface area (TPSA) is 48.6 Å². The number of hydrogen-bond donors (Lipinski definition) is 1. The summed E-state index contributed by atoms with van der Waals surface area (Å²) >= 11 is 0. The third-order valence-corrected chi connectivity index (χ3v) is 0.953. The molecule has 0 aliphatic rings. The molecule has 0 saturated heterocycles. The molecule has 0 aliphatic heterocycles. The molecular weight excluding hydrogens is 138 g/mol. The van der Waals surface area contributed by atoms with Crippen molar-refractivity contribution in [3.05, 3.63) is 0 Å². The summed E-state index contributed by atoms with van der Waals surface area (Å²) in [6.45, 7) is 9.25. The average Bonchev–Trinajstić information content (AvgIpc) is 1.78. The highest BCUT2D eigenvalue weighted by molar-refractivity contribution is 5.80. The summed E-state index contributed by atoms with van der Waals surface area (Å²) < 4.78 is 0. The quantitative estimate of drug-likeness (QED) is 0.481. The van der Waals surface area contributed by atoms with Gasteiger partial charge in [-0.3, -0.25) is 0 Å². The van der Waals surface area contributed by atoms with E-state index in [-0.39, 0.29) is 5.41 Å². The highest BCUT2D eigenvalue weighted by Crippen LogP contribution is 2.12. The Labute approximate surface area is 68.4 Å². The van der Waals surface area contributed by atoms with Crippen molar-refractivity contribution in [2.45, 2.75) is 27.7 Å². The van der Waals surface area contributed by atoms with Crippen molar-refractivity contribution in [1.29, 1.82) is 5.41 Å². The van der Waals surface area contributed by atoms with Crippen LogP contribution in [0.2, 0.25) is 0 Å². The lowest BCUT2D eigenvalue weighted by molar-refractivity contribution is 0.420. The van der Waals surface area contributed by atoms with Gasteiger partial charge in [0.1, 0.15) is 0 Å². The maximum absolute atomic E-state index is 7.07. The predicted molar refractivity (Wildman–Crippen MR) is 47.4 cm³/mol. The molecule has 0 spiro atoms. The van der Waals surface area contributed by atoms with Crippen molar-refractivity contribution < 1.29 is 0 Å². The van der Waals surface area contributed by atoms with Crippen LogP contribution >= 0.6 is 0 Å². The van der Waals surface area contributed by atoms with Gasteiger partial charge >= 0.3 is 0 Å². The van der Waals surface area contributed by atoms with E-state index >= 15 is 0 Å². The minimum Gasteiger partial charge on any atom is -0.308 e. The fourth-order valence-electron chi connectivity index (χ4n) is 0.418. The van der Waals surface area contributed by atoms with Crippen molar-refractivity contribution in [2.24, 2.45) is 15.6 Å². The number of nitrogens with one attached hydrogen (secondary N) is 1. The van der Waals surface area contributed by atoms with Crippen LogP contribution in [0.1, 0.15) is 27.7 Å². The van der Waals surface area contributed by atoms with Crippen molar-refractivity contribution in [3.63, 3.8) is 0 Å². The van der Waals surface area contributed by atoms with E-state index in [1.807, 2.05) is 0 Å². The van der Waals surface area contributed by atoms with Crippen LogP contribution in [0.5, 0.6) is 0 Å². The maximum Gasteiger partial charge on any atom is 0.0971 e. The Morgan fingerprint density at radius 1 is 1.27 bits per heavy atom. The van der Waals surface area contributed by atoms with Crippen LogP contribution in [0, 0.1) is 10.8 Å². The molecule has 0 saturated carbocycles. The van der Waals surface area contributed by atoms with Gasteiger partial charge in [0.25, 0.3) is 0 Å². The molecule has 0 aromatic heterocycles. The van der Waals surface area contributed by atoms with E-state index in [0.29, 0.717) is 12.3 Å². The lowest BCUT2D eigenvalue weighted by atomic mass is 9.98. The molecule has 3 nitrogen and oxygen atoms in total. The molecule has 1 N–H and O–H groups in total. The van der Waals surface area contributed by atoms with Crippen LogP contribution in [-0.4, -0.2) is 18.8 Å². The first-order chi connectivity index (χ1) is 4.92. The molecule has 11 heavy (non-hydrogen) atoms. The Hall–Kier alpha value is -0.730. The molecule has 0 radical (unpaired) electrons. The molecular formula is C8H17N3. The second-order valence-corrected chi connectivity index (χ2v) is 3.94. The molecule has 3 heteroatoms. The molecule has 0 fully saturated rings. The molecule has 0 aromatic carbocycles.